The third kappa shape index (κ3) is 5.61. The molecule has 3 aromatic heterocycles. The number of anilines is 3. The van der Waals surface area contributed by atoms with Gasteiger partial charge in [0.1, 0.15) is 11.4 Å². The van der Waals surface area contributed by atoms with E-state index in [0.29, 0.717) is 35.9 Å². The summed E-state index contributed by atoms with van der Waals surface area (Å²) in [5, 5.41) is 20.9. The van der Waals surface area contributed by atoms with Crippen molar-refractivity contribution in [2.75, 3.05) is 31.3 Å². The molecule has 0 spiro atoms. The molecule has 6 rings (SSSR count). The maximum Gasteiger partial charge on any atom is 0.273 e. The average molecular weight is 582 g/mol. The number of methoxy groups -OCH3 is 1. The van der Waals surface area contributed by atoms with E-state index in [1.54, 1.807) is 36.4 Å². The number of aromatic nitrogens is 5. The van der Waals surface area contributed by atoms with Crippen LogP contribution in [0.25, 0.3) is 11.1 Å². The smallest absolute Gasteiger partial charge is 0.273 e. The zero-order valence-electron chi connectivity index (χ0n) is 24.0. The van der Waals surface area contributed by atoms with Crippen molar-refractivity contribution in [3.8, 4) is 16.9 Å². The van der Waals surface area contributed by atoms with Crippen molar-refractivity contribution in [3.05, 3.63) is 71.4 Å². The highest BCUT2D eigenvalue weighted by molar-refractivity contribution is 6.00. The first-order chi connectivity index (χ1) is 20.9. The maximum atomic E-state index is 13.2. The largest absolute Gasteiger partial charge is 0.494 e. The molecule has 0 unspecified atom stereocenters. The van der Waals surface area contributed by atoms with E-state index in [1.807, 2.05) is 36.1 Å². The van der Waals surface area contributed by atoms with Gasteiger partial charge in [-0.1, -0.05) is 18.2 Å². The number of fused-ring (bicyclic) bond motifs is 1. The molecule has 0 saturated heterocycles. The van der Waals surface area contributed by atoms with Gasteiger partial charge in [0.25, 0.3) is 11.8 Å². The van der Waals surface area contributed by atoms with Gasteiger partial charge in [-0.25, -0.2) is 0 Å². The molecule has 13 nitrogen and oxygen atoms in total. The van der Waals surface area contributed by atoms with Crippen LogP contribution in [0.3, 0.4) is 0 Å². The lowest BCUT2D eigenvalue weighted by molar-refractivity contribution is -0.117. The van der Waals surface area contributed by atoms with Crippen LogP contribution in [-0.2, 0) is 24.8 Å². The van der Waals surface area contributed by atoms with Gasteiger partial charge in [0.2, 0.25) is 5.91 Å². The van der Waals surface area contributed by atoms with Gasteiger partial charge in [0.05, 0.1) is 36.9 Å². The highest BCUT2D eigenvalue weighted by Crippen LogP contribution is 2.38. The number of ether oxygens (including phenoxy) is 1. The third-order valence-electron chi connectivity index (χ3n) is 7.64. The van der Waals surface area contributed by atoms with Crippen molar-refractivity contribution >= 4 is 34.9 Å². The van der Waals surface area contributed by atoms with Crippen LogP contribution in [0.15, 0.2) is 48.8 Å². The van der Waals surface area contributed by atoms with Crippen molar-refractivity contribution in [1.29, 1.82) is 0 Å². The summed E-state index contributed by atoms with van der Waals surface area (Å²) in [5.41, 5.74) is 4.96. The minimum Gasteiger partial charge on any atom is -0.494 e. The summed E-state index contributed by atoms with van der Waals surface area (Å²) < 4.78 is 7.60. The lowest BCUT2D eigenvalue weighted by Gasteiger charge is -2.27. The van der Waals surface area contributed by atoms with Crippen LogP contribution in [0.1, 0.15) is 45.1 Å². The highest BCUT2D eigenvalue weighted by Gasteiger charge is 2.30. The van der Waals surface area contributed by atoms with Crippen LogP contribution in [0.4, 0.5) is 17.2 Å². The Morgan fingerprint density at radius 1 is 1.05 bits per heavy atom. The van der Waals surface area contributed by atoms with E-state index in [-0.39, 0.29) is 29.2 Å². The number of pyridine rings is 1. The second-order valence-corrected chi connectivity index (χ2v) is 10.5. The SMILES string of the molecule is CNC(=O)c1nnc(NC(=O)C2CC2)cc1Nc1cccc(-c2ccc(C(=O)N3CCc4cnn(C)c4C3)nc2)c1OC. The number of carbonyl (C=O) groups excluding carboxylic acids is 3. The fourth-order valence-electron chi connectivity index (χ4n) is 5.09. The first-order valence-electron chi connectivity index (χ1n) is 14.0. The molecular formula is C30H31N9O4. The van der Waals surface area contributed by atoms with Gasteiger partial charge < -0.3 is 25.6 Å². The van der Waals surface area contributed by atoms with E-state index < -0.39 is 5.91 Å². The molecule has 1 aliphatic heterocycles. The average Bonchev–Trinajstić information content (AvgIpc) is 3.83. The minimum absolute atomic E-state index is 0.0161. The first-order valence-corrected chi connectivity index (χ1v) is 14.0. The second kappa shape index (κ2) is 11.5. The van der Waals surface area contributed by atoms with E-state index in [1.165, 1.54) is 12.6 Å². The van der Waals surface area contributed by atoms with Crippen LogP contribution in [0, 0.1) is 5.92 Å². The molecular weight excluding hydrogens is 550 g/mol. The van der Waals surface area contributed by atoms with Gasteiger partial charge >= 0.3 is 0 Å². The second-order valence-electron chi connectivity index (χ2n) is 10.5. The molecule has 0 bridgehead atoms. The molecule has 220 valence electrons. The fraction of sp³-hybridized carbons (Fsp3) is 0.300. The molecule has 0 radical (unpaired) electrons. The molecule has 1 fully saturated rings. The number of carbonyl (C=O) groups is 3. The van der Waals surface area contributed by atoms with E-state index in [2.05, 4.69) is 36.2 Å². The quantitative estimate of drug-likeness (QED) is 0.285. The number of nitrogens with zero attached hydrogens (tertiary/aromatic N) is 6. The van der Waals surface area contributed by atoms with Gasteiger partial charge in [-0.3, -0.25) is 24.0 Å². The Morgan fingerprint density at radius 2 is 1.88 bits per heavy atom. The maximum absolute atomic E-state index is 13.2. The molecule has 2 aliphatic rings. The number of amides is 3. The van der Waals surface area contributed by atoms with Gasteiger partial charge in [-0.2, -0.15) is 5.10 Å². The molecule has 1 aromatic carbocycles. The molecule has 43 heavy (non-hydrogen) atoms. The number of rotatable bonds is 8. The van der Waals surface area contributed by atoms with Crippen LogP contribution >= 0.6 is 0 Å². The summed E-state index contributed by atoms with van der Waals surface area (Å²) in [7, 11) is 4.93. The third-order valence-corrected chi connectivity index (χ3v) is 7.64. The summed E-state index contributed by atoms with van der Waals surface area (Å²) in [6.45, 7) is 1.10. The summed E-state index contributed by atoms with van der Waals surface area (Å²) >= 11 is 0. The van der Waals surface area contributed by atoms with Crippen LogP contribution in [0.5, 0.6) is 5.75 Å². The van der Waals surface area contributed by atoms with Crippen molar-refractivity contribution in [2.45, 2.75) is 25.8 Å². The zero-order chi connectivity index (χ0) is 30.1. The highest BCUT2D eigenvalue weighted by atomic mass is 16.5. The standard InChI is InChI=1S/C30H31N9O4/c1-31-29(41)26-23(13-25(36-37-26)35-28(40)17-7-8-17)34-21-6-4-5-20(27(21)43-3)18-9-10-22(32-14-18)30(42)39-12-11-19-15-33-38(2)24(19)16-39/h4-6,9-10,13-15,17H,7-8,11-12,16H2,1-3H3,(H,31,41)(H2,34,35,36,40). The van der Waals surface area contributed by atoms with Crippen molar-refractivity contribution in [3.63, 3.8) is 0 Å². The molecule has 1 saturated carbocycles. The van der Waals surface area contributed by atoms with Crippen molar-refractivity contribution in [2.24, 2.45) is 13.0 Å². The summed E-state index contributed by atoms with van der Waals surface area (Å²) in [6.07, 6.45) is 5.95. The Labute approximate surface area is 247 Å². The molecule has 0 atom stereocenters. The number of aryl methyl sites for hydroxylation is 1. The monoisotopic (exact) mass is 581 g/mol. The van der Waals surface area contributed by atoms with E-state index >= 15 is 0 Å². The van der Waals surface area contributed by atoms with Crippen LogP contribution in [-0.4, -0.2) is 68.3 Å². The van der Waals surface area contributed by atoms with E-state index in [9.17, 15) is 14.4 Å². The Kier molecular flexibility index (Phi) is 7.45. The summed E-state index contributed by atoms with van der Waals surface area (Å²) in [5.74, 6) is 0.00754. The Balaban J connectivity index is 1.25. The number of hydrogen-bond donors (Lipinski definition) is 3. The Bertz CT molecular complexity index is 1710. The van der Waals surface area contributed by atoms with E-state index in [4.69, 9.17) is 4.74 Å². The van der Waals surface area contributed by atoms with E-state index in [0.717, 1.165) is 36.1 Å². The zero-order valence-corrected chi connectivity index (χ0v) is 24.0. The van der Waals surface area contributed by atoms with Crippen molar-refractivity contribution in [1.82, 2.24) is 35.2 Å². The molecule has 3 N–H and O–H groups in total. The minimum atomic E-state index is -0.442. The van der Waals surface area contributed by atoms with Gasteiger partial charge in [0, 0.05) is 49.9 Å². The number of hydrogen-bond acceptors (Lipinski definition) is 9. The Morgan fingerprint density at radius 3 is 2.60 bits per heavy atom. The van der Waals surface area contributed by atoms with Gasteiger partial charge in [-0.05, 0) is 37.0 Å². The van der Waals surface area contributed by atoms with Crippen molar-refractivity contribution < 1.29 is 19.1 Å². The van der Waals surface area contributed by atoms with Crippen LogP contribution in [0.2, 0.25) is 0 Å². The topological polar surface area (TPSA) is 156 Å². The lowest BCUT2D eigenvalue weighted by Crippen LogP contribution is -2.36. The fourth-order valence-corrected chi connectivity index (χ4v) is 5.09. The molecule has 13 heteroatoms. The number of nitrogens with one attached hydrogen (secondary N) is 3. The molecule has 3 amide bonds. The normalized spacial score (nSPS) is 14.1. The van der Waals surface area contributed by atoms with Gasteiger partial charge in [0.15, 0.2) is 11.5 Å². The summed E-state index contributed by atoms with van der Waals surface area (Å²) in [6, 6.07) is 10.6. The number of benzene rings is 1. The predicted molar refractivity (Wildman–Crippen MR) is 158 cm³/mol. The molecule has 1 aliphatic carbocycles. The summed E-state index contributed by atoms with van der Waals surface area (Å²) in [4.78, 5) is 44.4. The first kappa shape index (κ1) is 27.8. The number of para-hydroxylation sites is 1. The van der Waals surface area contributed by atoms with Crippen LogP contribution < -0.4 is 20.7 Å². The molecule has 4 heterocycles. The predicted octanol–water partition coefficient (Wildman–Crippen LogP) is 2.93. The van der Waals surface area contributed by atoms with Gasteiger partial charge in [-0.15, -0.1) is 10.2 Å². The molecule has 4 aromatic rings. The Hall–Kier alpha value is -5.33. The lowest BCUT2D eigenvalue weighted by atomic mass is 10.0.